The maximum atomic E-state index is 12.3. The monoisotopic (exact) mass is 400 g/mol. The number of hydrogen-bond acceptors (Lipinski definition) is 5. The van der Waals surface area contributed by atoms with Gasteiger partial charge in [-0.2, -0.15) is 0 Å². The Kier molecular flexibility index (Phi) is 6.86. The van der Waals surface area contributed by atoms with Gasteiger partial charge < -0.3 is 20.9 Å². The quantitative estimate of drug-likeness (QED) is 0.574. The molecule has 8 heteroatoms. The van der Waals surface area contributed by atoms with Crippen molar-refractivity contribution in [1.82, 2.24) is 15.2 Å². The fourth-order valence-corrected chi connectivity index (χ4v) is 3.69. The van der Waals surface area contributed by atoms with Crippen LogP contribution in [0.25, 0.3) is 0 Å². The van der Waals surface area contributed by atoms with E-state index in [2.05, 4.69) is 32.0 Å². The SMILES string of the molecule is CCC(C)NC(=O)c1cccc(CN=C(N)N2CCN(c3nccs3)CC2)c1. The summed E-state index contributed by atoms with van der Waals surface area (Å²) in [5.41, 5.74) is 7.84. The van der Waals surface area contributed by atoms with Crippen molar-refractivity contribution in [2.75, 3.05) is 31.1 Å². The molecule has 2 heterocycles. The van der Waals surface area contributed by atoms with Crippen molar-refractivity contribution in [3.8, 4) is 0 Å². The van der Waals surface area contributed by atoms with E-state index >= 15 is 0 Å². The van der Waals surface area contributed by atoms with Crippen molar-refractivity contribution < 1.29 is 4.79 Å². The summed E-state index contributed by atoms with van der Waals surface area (Å²) in [7, 11) is 0. The van der Waals surface area contributed by atoms with E-state index in [4.69, 9.17) is 5.73 Å². The minimum Gasteiger partial charge on any atom is -0.370 e. The molecule has 1 aliphatic rings. The van der Waals surface area contributed by atoms with Crippen LogP contribution >= 0.6 is 11.3 Å². The van der Waals surface area contributed by atoms with E-state index in [1.54, 1.807) is 11.3 Å². The van der Waals surface area contributed by atoms with Gasteiger partial charge >= 0.3 is 0 Å². The topological polar surface area (TPSA) is 86.8 Å². The van der Waals surface area contributed by atoms with Crippen LogP contribution in [-0.4, -0.2) is 54.0 Å². The van der Waals surface area contributed by atoms with Crippen LogP contribution in [0, 0.1) is 0 Å². The van der Waals surface area contributed by atoms with Crippen molar-refractivity contribution in [2.24, 2.45) is 10.7 Å². The fourth-order valence-electron chi connectivity index (χ4n) is 2.99. The van der Waals surface area contributed by atoms with Crippen LogP contribution in [0.2, 0.25) is 0 Å². The zero-order valence-electron chi connectivity index (χ0n) is 16.5. The first-order valence-electron chi connectivity index (χ1n) is 9.66. The van der Waals surface area contributed by atoms with E-state index in [0.29, 0.717) is 18.1 Å². The molecule has 1 aromatic carbocycles. The summed E-state index contributed by atoms with van der Waals surface area (Å²) in [6.45, 7) is 7.93. The molecule has 7 nitrogen and oxygen atoms in total. The molecule has 0 bridgehead atoms. The van der Waals surface area contributed by atoms with Gasteiger partial charge in [0.1, 0.15) is 0 Å². The number of benzene rings is 1. The molecule has 0 radical (unpaired) electrons. The zero-order valence-corrected chi connectivity index (χ0v) is 17.3. The first-order chi connectivity index (χ1) is 13.6. The van der Waals surface area contributed by atoms with Crippen LogP contribution in [0.1, 0.15) is 36.2 Å². The number of thiazole rings is 1. The Hall–Kier alpha value is -2.61. The van der Waals surface area contributed by atoms with Crippen molar-refractivity contribution >= 4 is 28.3 Å². The smallest absolute Gasteiger partial charge is 0.251 e. The van der Waals surface area contributed by atoms with E-state index in [0.717, 1.165) is 43.3 Å². The molecule has 1 atom stereocenters. The highest BCUT2D eigenvalue weighted by atomic mass is 32.1. The molecule has 0 spiro atoms. The lowest BCUT2D eigenvalue weighted by atomic mass is 10.1. The summed E-state index contributed by atoms with van der Waals surface area (Å²) in [6, 6.07) is 7.73. The molecular formula is C20H28N6OS. The van der Waals surface area contributed by atoms with Gasteiger partial charge in [-0.25, -0.2) is 9.98 Å². The van der Waals surface area contributed by atoms with Gasteiger partial charge in [0.15, 0.2) is 11.1 Å². The molecule has 1 saturated heterocycles. The number of nitrogens with two attached hydrogens (primary N) is 1. The Labute approximate surface area is 170 Å². The largest absolute Gasteiger partial charge is 0.370 e. The number of piperazine rings is 1. The Morgan fingerprint density at radius 3 is 2.82 bits per heavy atom. The number of nitrogens with zero attached hydrogens (tertiary/aromatic N) is 4. The second kappa shape index (κ2) is 9.54. The molecule has 0 saturated carbocycles. The number of nitrogens with one attached hydrogen (secondary N) is 1. The molecule has 1 amide bonds. The third kappa shape index (κ3) is 5.22. The second-order valence-electron chi connectivity index (χ2n) is 6.95. The second-order valence-corrected chi connectivity index (χ2v) is 7.82. The maximum Gasteiger partial charge on any atom is 0.251 e. The minimum atomic E-state index is -0.0496. The van der Waals surface area contributed by atoms with Crippen LogP contribution in [0.3, 0.4) is 0 Å². The lowest BCUT2D eigenvalue weighted by Crippen LogP contribution is -2.51. The lowest BCUT2D eigenvalue weighted by molar-refractivity contribution is 0.0939. The third-order valence-corrected chi connectivity index (χ3v) is 5.73. The zero-order chi connectivity index (χ0) is 19.9. The molecule has 3 N–H and O–H groups in total. The summed E-state index contributed by atoms with van der Waals surface area (Å²) < 4.78 is 0. The van der Waals surface area contributed by atoms with Gasteiger partial charge in [0.05, 0.1) is 6.54 Å². The van der Waals surface area contributed by atoms with Crippen molar-refractivity contribution in [2.45, 2.75) is 32.9 Å². The van der Waals surface area contributed by atoms with Crippen molar-refractivity contribution in [3.63, 3.8) is 0 Å². The van der Waals surface area contributed by atoms with Gasteiger partial charge in [0.2, 0.25) is 0 Å². The number of guanidine groups is 1. The molecule has 3 rings (SSSR count). The highest BCUT2D eigenvalue weighted by Gasteiger charge is 2.19. The van der Waals surface area contributed by atoms with Gasteiger partial charge in [-0.3, -0.25) is 4.79 Å². The van der Waals surface area contributed by atoms with Gasteiger partial charge in [0.25, 0.3) is 5.91 Å². The van der Waals surface area contributed by atoms with Gasteiger partial charge in [-0.1, -0.05) is 19.1 Å². The van der Waals surface area contributed by atoms with Gasteiger partial charge in [-0.05, 0) is 31.0 Å². The van der Waals surface area contributed by atoms with Gasteiger partial charge in [-0.15, -0.1) is 11.3 Å². The van der Waals surface area contributed by atoms with Crippen LogP contribution < -0.4 is 16.0 Å². The number of carbonyl (C=O) groups excluding carboxylic acids is 1. The predicted molar refractivity (Wildman–Crippen MR) is 115 cm³/mol. The Morgan fingerprint density at radius 1 is 1.36 bits per heavy atom. The van der Waals surface area contributed by atoms with Crippen LogP contribution in [0.4, 0.5) is 5.13 Å². The lowest BCUT2D eigenvalue weighted by Gasteiger charge is -2.35. The van der Waals surface area contributed by atoms with Crippen molar-refractivity contribution in [1.29, 1.82) is 0 Å². The normalized spacial score (nSPS) is 16.1. The number of rotatable bonds is 6. The molecule has 1 unspecified atom stereocenters. The number of aliphatic imine (C=N–C) groups is 1. The average molecular weight is 401 g/mol. The molecule has 0 aliphatic carbocycles. The molecule has 150 valence electrons. The minimum absolute atomic E-state index is 0.0496. The Balaban J connectivity index is 1.55. The van der Waals surface area contributed by atoms with Gasteiger partial charge in [0, 0.05) is 49.4 Å². The third-order valence-electron chi connectivity index (χ3n) is 4.90. The van der Waals surface area contributed by atoms with Crippen LogP contribution in [0.15, 0.2) is 40.8 Å². The fraction of sp³-hybridized carbons (Fsp3) is 0.450. The summed E-state index contributed by atoms with van der Waals surface area (Å²) in [6.07, 6.45) is 2.74. The first kappa shape index (κ1) is 20.1. The number of anilines is 1. The van der Waals surface area contributed by atoms with Crippen LogP contribution in [0.5, 0.6) is 0 Å². The maximum absolute atomic E-state index is 12.3. The molecule has 1 aliphatic heterocycles. The van der Waals surface area contributed by atoms with Crippen molar-refractivity contribution in [3.05, 3.63) is 47.0 Å². The molecule has 2 aromatic rings. The molecular weight excluding hydrogens is 372 g/mol. The predicted octanol–water partition coefficient (Wildman–Crippen LogP) is 2.31. The first-order valence-corrected chi connectivity index (χ1v) is 10.5. The number of amides is 1. The van der Waals surface area contributed by atoms with Crippen LogP contribution in [-0.2, 0) is 6.54 Å². The average Bonchev–Trinajstić information content (AvgIpc) is 3.27. The summed E-state index contributed by atoms with van der Waals surface area (Å²) in [4.78, 5) is 25.6. The van der Waals surface area contributed by atoms with E-state index in [9.17, 15) is 4.79 Å². The van der Waals surface area contributed by atoms with E-state index < -0.39 is 0 Å². The van der Waals surface area contributed by atoms with E-state index in [-0.39, 0.29) is 11.9 Å². The molecule has 1 aromatic heterocycles. The molecule has 28 heavy (non-hydrogen) atoms. The number of aromatic nitrogens is 1. The molecule has 1 fully saturated rings. The van der Waals surface area contributed by atoms with E-state index in [1.807, 2.05) is 42.8 Å². The van der Waals surface area contributed by atoms with E-state index in [1.165, 1.54) is 0 Å². The summed E-state index contributed by atoms with van der Waals surface area (Å²) in [5.74, 6) is 0.500. The standard InChI is InChI=1S/C20H28N6OS/c1-3-15(2)24-18(27)17-6-4-5-16(13-17)14-23-19(21)25-8-10-26(11-9-25)20-22-7-12-28-20/h4-7,12-13,15H,3,8-11,14H2,1-2H3,(H2,21,23)(H,24,27). The Bertz CT molecular complexity index is 799. The summed E-state index contributed by atoms with van der Waals surface area (Å²) in [5, 5.41) is 6.04. The Morgan fingerprint density at radius 2 is 2.14 bits per heavy atom. The highest BCUT2D eigenvalue weighted by Crippen LogP contribution is 2.18. The number of hydrogen-bond donors (Lipinski definition) is 2. The number of carbonyl (C=O) groups is 1. The summed E-state index contributed by atoms with van der Waals surface area (Å²) >= 11 is 1.66. The highest BCUT2D eigenvalue weighted by molar-refractivity contribution is 7.13.